The molecule has 36 heavy (non-hydrogen) atoms. The van der Waals surface area contributed by atoms with Crippen LogP contribution in [-0.4, -0.2) is 60.5 Å². The zero-order valence-corrected chi connectivity index (χ0v) is 21.9. The number of unbranched alkanes of at least 4 members (excludes halogenated alkanes) is 8. The molecule has 11 nitrogen and oxygen atoms in total. The average molecular weight is 534 g/mol. The standard InChI is InChI=1S/C24H40NO10P/c1-32-23(19-33-17-10-8-6-4-2-3-5-7-9-11-24(26)27)20-35-36(30,31)34-18-16-21-12-14-22(15-13-21)25(28)29/h12-15,23H,2-11,16-20H2,1H3,(H,26,27)(H,30,31). The molecule has 1 aromatic carbocycles. The average Bonchev–Trinajstić information content (AvgIpc) is 2.84. The van der Waals surface area contributed by atoms with Crippen LogP contribution < -0.4 is 0 Å². The van der Waals surface area contributed by atoms with Gasteiger partial charge in [0, 0.05) is 32.3 Å². The summed E-state index contributed by atoms with van der Waals surface area (Å²) in [5.41, 5.74) is 0.707. The molecule has 0 spiro atoms. The van der Waals surface area contributed by atoms with Crippen molar-refractivity contribution < 1.29 is 42.8 Å². The van der Waals surface area contributed by atoms with E-state index in [2.05, 4.69) is 0 Å². The summed E-state index contributed by atoms with van der Waals surface area (Å²) in [6, 6.07) is 5.86. The lowest BCUT2D eigenvalue weighted by Gasteiger charge is -2.18. The SMILES string of the molecule is COC(COCCCCCCCCCCCC(=O)O)COP(=O)(O)OCCc1ccc([N+](=O)[O-])cc1. The quantitative estimate of drug-likeness (QED) is 0.0820. The van der Waals surface area contributed by atoms with Crippen molar-refractivity contribution in [2.24, 2.45) is 0 Å². The normalized spacial score (nSPS) is 13.8. The number of carbonyl (C=O) groups is 1. The van der Waals surface area contributed by atoms with E-state index in [9.17, 15) is 24.4 Å². The summed E-state index contributed by atoms with van der Waals surface area (Å²) in [5, 5.41) is 19.3. The molecule has 206 valence electrons. The summed E-state index contributed by atoms with van der Waals surface area (Å²) >= 11 is 0. The van der Waals surface area contributed by atoms with Gasteiger partial charge >= 0.3 is 13.8 Å². The maximum Gasteiger partial charge on any atom is 0.472 e. The number of carboxylic acid groups (broad SMARTS) is 1. The van der Waals surface area contributed by atoms with Crippen molar-refractivity contribution in [1.82, 2.24) is 0 Å². The number of phosphoric ester groups is 1. The predicted octanol–water partition coefficient (Wildman–Crippen LogP) is 5.29. The Balaban J connectivity index is 2.05. The molecule has 1 aromatic rings. The molecule has 0 radical (unpaired) electrons. The summed E-state index contributed by atoms with van der Waals surface area (Å²) in [5.74, 6) is -0.724. The molecule has 1 rings (SSSR count). The number of hydrogen-bond donors (Lipinski definition) is 2. The van der Waals surface area contributed by atoms with Gasteiger partial charge < -0.3 is 19.5 Å². The molecule has 12 heteroatoms. The van der Waals surface area contributed by atoms with Gasteiger partial charge in [-0.2, -0.15) is 0 Å². The summed E-state index contributed by atoms with van der Waals surface area (Å²) in [7, 11) is -2.80. The molecule has 0 saturated heterocycles. The third-order valence-electron chi connectivity index (χ3n) is 5.53. The van der Waals surface area contributed by atoms with Crippen molar-refractivity contribution in [2.45, 2.75) is 76.7 Å². The van der Waals surface area contributed by atoms with Gasteiger partial charge in [-0.15, -0.1) is 0 Å². The number of nitrogens with zero attached hydrogens (tertiary/aromatic N) is 1. The second kappa shape index (κ2) is 19.3. The maximum atomic E-state index is 12.1. The van der Waals surface area contributed by atoms with E-state index in [0.29, 0.717) is 13.0 Å². The number of methoxy groups -OCH3 is 1. The van der Waals surface area contributed by atoms with E-state index in [1.807, 2.05) is 0 Å². The van der Waals surface area contributed by atoms with E-state index < -0.39 is 24.8 Å². The van der Waals surface area contributed by atoms with Gasteiger partial charge in [0.15, 0.2) is 0 Å². The van der Waals surface area contributed by atoms with Gasteiger partial charge in [0.25, 0.3) is 5.69 Å². The minimum atomic E-state index is -4.27. The number of nitro benzene ring substituents is 1. The first-order valence-corrected chi connectivity index (χ1v) is 13.9. The fourth-order valence-corrected chi connectivity index (χ4v) is 4.15. The molecule has 0 aromatic heterocycles. The molecule has 0 heterocycles. The lowest BCUT2D eigenvalue weighted by molar-refractivity contribution is -0.384. The van der Waals surface area contributed by atoms with Crippen LogP contribution >= 0.6 is 7.82 Å². The van der Waals surface area contributed by atoms with E-state index in [4.69, 9.17) is 23.6 Å². The van der Waals surface area contributed by atoms with Gasteiger partial charge in [0.05, 0.1) is 24.7 Å². The number of aliphatic carboxylic acids is 1. The van der Waals surface area contributed by atoms with Crippen LogP contribution in [0, 0.1) is 10.1 Å². The van der Waals surface area contributed by atoms with Gasteiger partial charge in [-0.1, -0.05) is 57.1 Å². The van der Waals surface area contributed by atoms with Crippen LogP contribution in [0.2, 0.25) is 0 Å². The van der Waals surface area contributed by atoms with Crippen molar-refractivity contribution in [3.05, 3.63) is 39.9 Å². The molecule has 0 aliphatic carbocycles. The highest BCUT2D eigenvalue weighted by atomic mass is 31.2. The Kier molecular flexibility index (Phi) is 17.2. The Morgan fingerprint density at radius 1 is 0.944 bits per heavy atom. The monoisotopic (exact) mass is 533 g/mol. The Morgan fingerprint density at radius 2 is 1.53 bits per heavy atom. The van der Waals surface area contributed by atoms with Crippen LogP contribution in [0.3, 0.4) is 0 Å². The summed E-state index contributed by atoms with van der Waals surface area (Å²) < 4.78 is 32.9. The first-order chi connectivity index (χ1) is 17.2. The highest BCUT2D eigenvalue weighted by Gasteiger charge is 2.23. The van der Waals surface area contributed by atoms with E-state index in [0.717, 1.165) is 63.4 Å². The zero-order valence-electron chi connectivity index (χ0n) is 21.0. The van der Waals surface area contributed by atoms with Crippen molar-refractivity contribution in [3.63, 3.8) is 0 Å². The number of non-ortho nitro benzene ring substituents is 1. The number of hydrogen-bond acceptors (Lipinski definition) is 8. The third-order valence-corrected chi connectivity index (χ3v) is 6.52. The number of phosphoric acid groups is 1. The van der Waals surface area contributed by atoms with Gasteiger partial charge in [-0.25, -0.2) is 4.57 Å². The number of benzene rings is 1. The smallest absolute Gasteiger partial charge is 0.472 e. The fourth-order valence-electron chi connectivity index (χ4n) is 3.39. The minimum absolute atomic E-state index is 0.0260. The second-order valence-corrected chi connectivity index (χ2v) is 9.98. The summed E-state index contributed by atoms with van der Waals surface area (Å²) in [6.07, 6.45) is 9.43. The zero-order chi connectivity index (χ0) is 26.7. The largest absolute Gasteiger partial charge is 0.481 e. The van der Waals surface area contributed by atoms with Gasteiger partial charge in [-0.3, -0.25) is 24.0 Å². The number of ether oxygens (including phenoxy) is 2. The molecular weight excluding hydrogens is 493 g/mol. The minimum Gasteiger partial charge on any atom is -0.481 e. The topological polar surface area (TPSA) is 155 Å². The maximum absolute atomic E-state index is 12.1. The third kappa shape index (κ3) is 16.7. The highest BCUT2D eigenvalue weighted by Crippen LogP contribution is 2.43. The van der Waals surface area contributed by atoms with Crippen LogP contribution in [0.4, 0.5) is 5.69 Å². The lowest BCUT2D eigenvalue weighted by Crippen LogP contribution is -2.24. The van der Waals surface area contributed by atoms with Gasteiger partial charge in [0.2, 0.25) is 0 Å². The van der Waals surface area contributed by atoms with Crippen molar-refractivity contribution in [3.8, 4) is 0 Å². The molecule has 0 saturated carbocycles. The number of nitro groups is 1. The van der Waals surface area contributed by atoms with Crippen molar-refractivity contribution in [2.75, 3.05) is 33.5 Å². The second-order valence-electron chi connectivity index (χ2n) is 8.53. The van der Waals surface area contributed by atoms with Crippen LogP contribution in [-0.2, 0) is 34.3 Å². The Bertz CT molecular complexity index is 790. The molecule has 0 aliphatic heterocycles. The van der Waals surface area contributed by atoms with Gasteiger partial charge in [-0.05, 0) is 24.8 Å². The molecule has 0 aliphatic rings. The first-order valence-electron chi connectivity index (χ1n) is 12.4. The molecule has 0 amide bonds. The Hall–Kier alpha value is -1.88. The van der Waals surface area contributed by atoms with Crippen molar-refractivity contribution in [1.29, 1.82) is 0 Å². The fraction of sp³-hybridized carbons (Fsp3) is 0.708. The number of rotatable bonds is 23. The summed E-state index contributed by atoms with van der Waals surface area (Å²) in [6.45, 7) is 0.561. The molecule has 0 bridgehead atoms. The molecule has 2 unspecified atom stereocenters. The predicted molar refractivity (Wildman–Crippen MR) is 134 cm³/mol. The highest BCUT2D eigenvalue weighted by molar-refractivity contribution is 7.47. The van der Waals surface area contributed by atoms with E-state index in [-0.39, 0.29) is 31.9 Å². The molecule has 2 N–H and O–H groups in total. The number of carboxylic acids is 1. The van der Waals surface area contributed by atoms with Crippen LogP contribution in [0.5, 0.6) is 0 Å². The van der Waals surface area contributed by atoms with Crippen LogP contribution in [0.25, 0.3) is 0 Å². The van der Waals surface area contributed by atoms with Crippen molar-refractivity contribution >= 4 is 19.5 Å². The van der Waals surface area contributed by atoms with Crippen LogP contribution in [0.1, 0.15) is 69.8 Å². The van der Waals surface area contributed by atoms with E-state index in [1.54, 1.807) is 12.1 Å². The Morgan fingerprint density at radius 3 is 2.08 bits per heavy atom. The Labute approximate surface area is 212 Å². The van der Waals surface area contributed by atoms with Gasteiger partial charge in [0.1, 0.15) is 6.10 Å². The van der Waals surface area contributed by atoms with E-state index >= 15 is 0 Å². The van der Waals surface area contributed by atoms with E-state index in [1.165, 1.54) is 19.2 Å². The van der Waals surface area contributed by atoms with Crippen LogP contribution in [0.15, 0.2) is 24.3 Å². The molecule has 0 fully saturated rings. The molecular formula is C24H40NO10P. The first kappa shape index (κ1) is 32.1. The molecule has 2 atom stereocenters. The lowest BCUT2D eigenvalue weighted by atomic mass is 10.1. The summed E-state index contributed by atoms with van der Waals surface area (Å²) in [4.78, 5) is 30.5.